The number of H-pyrrole nitrogens is 1. The third kappa shape index (κ3) is 17.5. The van der Waals surface area contributed by atoms with E-state index >= 15 is 0 Å². The average Bonchev–Trinajstić information content (AvgIpc) is 3.95. The number of phenols is 1. The minimum atomic E-state index is -1.82. The lowest BCUT2D eigenvalue weighted by atomic mass is 9.93. The first-order valence-electron chi connectivity index (χ1n) is 26.2. The van der Waals surface area contributed by atoms with Crippen molar-refractivity contribution in [1.82, 2.24) is 52.4 Å². The molecular formula is C51H75N11O16. The molecule has 3 unspecified atom stereocenters. The SMILES string of the molecule is CC[C@H](C)[C@@H]1NC(=O)CNC(=O)C2Cc3c([nH]c4cc(O)ccc34)CCC(NC(=O)CNC1=O)C(=O)N[C@@H](CC(N)=O)C(=O)N1CC(O)C[C@H]1C(=O)N[C@@H]([C@@H](C)[C@@H](O)COC(=O)NCCCCCC(=O)OC(C)(C)C)C(=O)N2. The Kier molecular flexibility index (Phi) is 21.7. The number of aliphatic hydroxyl groups excluding tert-OH is 2. The van der Waals surface area contributed by atoms with Crippen LogP contribution in [0.5, 0.6) is 5.75 Å². The first-order valence-corrected chi connectivity index (χ1v) is 26.2. The highest BCUT2D eigenvalue weighted by Gasteiger charge is 2.45. The third-order valence-corrected chi connectivity index (χ3v) is 13.7. The topological polar surface area (TPSA) is 408 Å². The molecule has 0 aliphatic carbocycles. The summed E-state index contributed by atoms with van der Waals surface area (Å²) >= 11 is 0. The van der Waals surface area contributed by atoms with E-state index in [4.69, 9.17) is 15.2 Å². The van der Waals surface area contributed by atoms with Crippen LogP contribution in [0.1, 0.15) is 104 Å². The van der Waals surface area contributed by atoms with Crippen molar-refractivity contribution in [2.45, 2.75) is 160 Å². The molecule has 3 aliphatic heterocycles. The molecule has 78 heavy (non-hydrogen) atoms. The van der Waals surface area contributed by atoms with E-state index < -0.39 is 164 Å². The van der Waals surface area contributed by atoms with Gasteiger partial charge >= 0.3 is 12.1 Å². The fourth-order valence-electron chi connectivity index (χ4n) is 9.32. The summed E-state index contributed by atoms with van der Waals surface area (Å²) in [5, 5.41) is 53.6. The minimum Gasteiger partial charge on any atom is -0.508 e. The molecule has 0 saturated carbocycles. The van der Waals surface area contributed by atoms with Crippen LogP contribution >= 0.6 is 0 Å². The number of amides is 10. The maximum atomic E-state index is 14.9. The molecule has 1 aromatic carbocycles. The number of rotatable bonds is 14. The van der Waals surface area contributed by atoms with Crippen LogP contribution in [0.15, 0.2) is 18.2 Å². The second-order valence-electron chi connectivity index (χ2n) is 21.1. The van der Waals surface area contributed by atoms with Crippen LogP contribution in [0.2, 0.25) is 0 Å². The number of fused-ring (bicyclic) bond motifs is 5. The number of carbonyl (C=O) groups excluding carboxylic acids is 11. The van der Waals surface area contributed by atoms with E-state index in [0.29, 0.717) is 47.8 Å². The molecule has 1 saturated heterocycles. The number of aromatic amines is 1. The fourth-order valence-corrected chi connectivity index (χ4v) is 9.32. The predicted molar refractivity (Wildman–Crippen MR) is 276 cm³/mol. The molecule has 0 spiro atoms. The molecular weight excluding hydrogens is 1020 g/mol. The van der Waals surface area contributed by atoms with Gasteiger partial charge in [0.15, 0.2) is 0 Å². The minimum absolute atomic E-state index is 0.116. The van der Waals surface area contributed by atoms with Crippen molar-refractivity contribution >= 4 is 76.1 Å². The van der Waals surface area contributed by atoms with E-state index in [1.807, 2.05) is 0 Å². The zero-order valence-electron chi connectivity index (χ0n) is 44.8. The number of aromatic nitrogens is 1. The maximum absolute atomic E-state index is 14.9. The van der Waals surface area contributed by atoms with Gasteiger partial charge in [-0.15, -0.1) is 0 Å². The van der Waals surface area contributed by atoms with E-state index in [1.54, 1.807) is 34.6 Å². The first kappa shape index (κ1) is 61.3. The van der Waals surface area contributed by atoms with Gasteiger partial charge in [-0.25, -0.2) is 4.79 Å². The summed E-state index contributed by atoms with van der Waals surface area (Å²) in [6.45, 7) is 7.53. The Morgan fingerprint density at radius 2 is 1.54 bits per heavy atom. The van der Waals surface area contributed by atoms with E-state index in [-0.39, 0.29) is 43.9 Å². The summed E-state index contributed by atoms with van der Waals surface area (Å²) in [7, 11) is 0. The molecule has 0 radical (unpaired) electrons. The van der Waals surface area contributed by atoms with Crippen molar-refractivity contribution < 1.29 is 77.5 Å². The van der Waals surface area contributed by atoms with Crippen LogP contribution in [-0.2, 0) is 70.3 Å². The lowest BCUT2D eigenvalue weighted by Gasteiger charge is -2.33. The molecule has 430 valence electrons. The van der Waals surface area contributed by atoms with Gasteiger partial charge in [-0.1, -0.05) is 33.6 Å². The molecule has 4 heterocycles. The molecule has 2 aromatic rings. The predicted octanol–water partition coefficient (Wildman–Crippen LogP) is -2.46. The Labute approximate surface area is 450 Å². The number of aliphatic hydroxyl groups is 2. The van der Waals surface area contributed by atoms with Crippen molar-refractivity contribution in [1.29, 1.82) is 0 Å². The lowest BCUT2D eigenvalue weighted by molar-refractivity contribution is -0.155. The van der Waals surface area contributed by atoms with Crippen LogP contribution in [0.3, 0.4) is 0 Å². The summed E-state index contributed by atoms with van der Waals surface area (Å²) in [5.74, 6) is -11.1. The highest BCUT2D eigenvalue weighted by atomic mass is 16.6. The van der Waals surface area contributed by atoms with E-state index in [1.165, 1.54) is 25.1 Å². The molecule has 27 heteroatoms. The standard InChI is InChI=1S/C51H75N11O16/c1-7-25(2)42-47(73)55-21-39(67)57-32-15-14-31-30(29-13-12-27(63)17-33(29)56-31)19-34(44(70)54-22-40(68)60-42)58-48(74)43(26(3)37(65)24-77-50(76)53-16-10-8-9-11-41(69)78-51(4,5)6)61-46(72)36-18-28(64)23-62(36)49(75)35(20-38(52)66)59-45(32)71/h12-13,17,25-26,28,32,34-37,42-43,56,63-65H,7-11,14-16,18-24H2,1-6H3,(H2,52,66)(H,53,76)(H,54,70)(H,55,73)(H,57,67)(H,58,74)(H,59,71)(H,60,68)(H,61,72)/t25-,26-,28?,32?,34?,35-,36-,37-,42-,43-/m0/s1. The Hall–Kier alpha value is -7.55. The Morgan fingerprint density at radius 3 is 2.22 bits per heavy atom. The molecule has 14 N–H and O–H groups in total. The van der Waals surface area contributed by atoms with E-state index in [0.717, 1.165) is 4.90 Å². The van der Waals surface area contributed by atoms with Crippen LogP contribution < -0.4 is 48.3 Å². The second kappa shape index (κ2) is 27.7. The largest absolute Gasteiger partial charge is 0.508 e. The van der Waals surface area contributed by atoms with Gasteiger partial charge in [-0.3, -0.25) is 47.9 Å². The van der Waals surface area contributed by atoms with Crippen LogP contribution in [0, 0.1) is 11.8 Å². The van der Waals surface area contributed by atoms with Gasteiger partial charge in [-0.2, -0.15) is 0 Å². The van der Waals surface area contributed by atoms with Gasteiger partial charge in [0.1, 0.15) is 54.2 Å². The zero-order chi connectivity index (χ0) is 57.6. The molecule has 1 aromatic heterocycles. The monoisotopic (exact) mass is 1100 g/mol. The van der Waals surface area contributed by atoms with Gasteiger partial charge in [0.2, 0.25) is 53.2 Å². The summed E-state index contributed by atoms with van der Waals surface area (Å²) in [4.78, 5) is 155. The molecule has 3 aliphatic rings. The van der Waals surface area contributed by atoms with Crippen molar-refractivity contribution in [3.05, 3.63) is 29.5 Å². The first-order chi connectivity index (χ1) is 36.7. The van der Waals surface area contributed by atoms with E-state index in [2.05, 4.69) is 47.5 Å². The molecule has 10 atom stereocenters. The van der Waals surface area contributed by atoms with Crippen LogP contribution in [-0.4, -0.2) is 177 Å². The Balaban J connectivity index is 1.55. The normalized spacial score (nSPS) is 24.6. The summed E-state index contributed by atoms with van der Waals surface area (Å²) in [6, 6.07) is -5.30. The number of benzene rings is 1. The number of carbonyl (C=O) groups is 11. The number of alkyl carbamates (subject to hydrolysis) is 1. The summed E-state index contributed by atoms with van der Waals surface area (Å²) in [6.07, 6.45) is -3.90. The van der Waals surface area contributed by atoms with Crippen LogP contribution in [0.4, 0.5) is 4.79 Å². The van der Waals surface area contributed by atoms with Gasteiger partial charge in [0, 0.05) is 60.9 Å². The lowest BCUT2D eigenvalue weighted by Crippen LogP contribution is -2.62. The number of ether oxygens (including phenoxy) is 2. The highest BCUT2D eigenvalue weighted by Crippen LogP contribution is 2.29. The third-order valence-electron chi connectivity index (χ3n) is 13.7. The summed E-state index contributed by atoms with van der Waals surface area (Å²) < 4.78 is 10.6. The van der Waals surface area contributed by atoms with Crippen molar-refractivity contribution in [2.24, 2.45) is 17.6 Å². The van der Waals surface area contributed by atoms with E-state index in [9.17, 15) is 68.1 Å². The quantitative estimate of drug-likeness (QED) is 0.0689. The van der Waals surface area contributed by atoms with Crippen LogP contribution in [0.25, 0.3) is 10.9 Å². The summed E-state index contributed by atoms with van der Waals surface area (Å²) in [5.41, 5.74) is 5.95. The maximum Gasteiger partial charge on any atom is 0.407 e. The van der Waals surface area contributed by atoms with Crippen molar-refractivity contribution in [2.75, 3.05) is 32.8 Å². The van der Waals surface area contributed by atoms with Crippen molar-refractivity contribution in [3.63, 3.8) is 0 Å². The zero-order valence-corrected chi connectivity index (χ0v) is 44.8. The van der Waals surface area contributed by atoms with Crippen molar-refractivity contribution in [3.8, 4) is 5.75 Å². The van der Waals surface area contributed by atoms with Gasteiger partial charge < -0.3 is 82.9 Å². The number of nitrogens with zero attached hydrogens (tertiary/aromatic N) is 1. The number of primary amides is 1. The smallest absolute Gasteiger partial charge is 0.407 e. The molecule has 1 fully saturated rings. The number of hydrogen-bond acceptors (Lipinski definition) is 16. The number of nitrogens with one attached hydrogen (secondary N) is 9. The number of unbranched alkanes of at least 4 members (excludes halogenated alkanes) is 2. The Bertz CT molecular complexity index is 2570. The molecule has 5 rings (SSSR count). The average molecular weight is 1100 g/mol. The van der Waals surface area contributed by atoms with Gasteiger partial charge in [0.25, 0.3) is 0 Å². The number of aromatic hydroxyl groups is 1. The molecule has 10 amide bonds. The highest BCUT2D eigenvalue weighted by molar-refractivity contribution is 6.00. The van der Waals surface area contributed by atoms with Gasteiger partial charge in [-0.05, 0) is 70.1 Å². The number of nitrogens with two attached hydrogens (primary N) is 1. The number of aryl methyl sites for hydroxylation is 1. The number of esters is 1. The second-order valence-corrected chi connectivity index (χ2v) is 21.1. The Morgan fingerprint density at radius 1 is 0.846 bits per heavy atom. The number of phenolic OH excluding ortho intramolecular Hbond substituents is 1. The number of hydrogen-bond donors (Lipinski definition) is 13. The fraction of sp³-hybridized carbons (Fsp3) is 0.627. The van der Waals surface area contributed by atoms with Gasteiger partial charge in [0.05, 0.1) is 31.7 Å². The molecule has 2 bridgehead atoms. The molecule has 27 nitrogen and oxygen atoms in total.